The molecule has 0 amide bonds. The molecule has 0 bridgehead atoms. The van der Waals surface area contributed by atoms with Gasteiger partial charge in [0.1, 0.15) is 0 Å². The first kappa shape index (κ1) is 12.1. The van der Waals surface area contributed by atoms with Crippen molar-refractivity contribution in [2.24, 2.45) is 0 Å². The molecule has 0 aromatic carbocycles. The summed E-state index contributed by atoms with van der Waals surface area (Å²) in [5.74, 6) is 0. The number of alkyl halides is 2. The first-order valence-corrected chi connectivity index (χ1v) is 5.97. The molecule has 0 spiro atoms. The van der Waals surface area contributed by atoms with Crippen LogP contribution in [-0.2, 0) is 0 Å². The number of hydrogen-bond acceptors (Lipinski definition) is 1. The Kier molecular flexibility index (Phi) is 7.81. The Labute approximate surface area is 90.9 Å². The normalized spacial score (nSPS) is 8.67. The van der Waals surface area contributed by atoms with E-state index in [9.17, 15) is 0 Å². The van der Waals surface area contributed by atoms with Crippen molar-refractivity contribution >= 4 is 31.9 Å². The minimum atomic E-state index is 1.05. The molecule has 0 atom stereocenters. The van der Waals surface area contributed by atoms with Gasteiger partial charge in [-0.1, -0.05) is 37.9 Å². The van der Waals surface area contributed by atoms with Crippen LogP contribution in [0.15, 0.2) is 18.2 Å². The van der Waals surface area contributed by atoms with Crippen LogP contribution >= 0.6 is 31.9 Å². The molecule has 0 aliphatic carbocycles. The maximum Gasteiger partial charge on any atom is 0.0375 e. The van der Waals surface area contributed by atoms with E-state index in [2.05, 4.69) is 36.8 Å². The zero-order valence-electron chi connectivity index (χ0n) is 7.35. The Hall–Kier alpha value is 0.110. The van der Waals surface area contributed by atoms with Gasteiger partial charge in [-0.25, -0.2) is 0 Å². The van der Waals surface area contributed by atoms with Crippen LogP contribution in [-0.4, -0.2) is 15.6 Å². The second kappa shape index (κ2) is 7.74. The Morgan fingerprint density at radius 3 is 1.67 bits per heavy atom. The summed E-state index contributed by atoms with van der Waals surface area (Å²) in [5.41, 5.74) is 2.18. The largest absolute Gasteiger partial charge is 0.258 e. The molecule has 3 heteroatoms. The van der Waals surface area contributed by atoms with Crippen molar-refractivity contribution in [3.63, 3.8) is 0 Å². The lowest BCUT2D eigenvalue weighted by Gasteiger charge is -1.90. The van der Waals surface area contributed by atoms with Gasteiger partial charge in [-0.3, -0.25) is 4.98 Å². The number of pyridine rings is 1. The summed E-state index contributed by atoms with van der Waals surface area (Å²) in [5, 5.41) is 2.10. The highest BCUT2D eigenvalue weighted by molar-refractivity contribution is 9.11. The molecule has 0 saturated heterocycles. The smallest absolute Gasteiger partial charge is 0.0375 e. The highest BCUT2D eigenvalue weighted by Gasteiger charge is 1.82. The number of aryl methyl sites for hydroxylation is 2. The predicted molar refractivity (Wildman–Crippen MR) is 61.3 cm³/mol. The number of hydrogen-bond donors (Lipinski definition) is 0. The van der Waals surface area contributed by atoms with E-state index in [1.54, 1.807) is 0 Å². The van der Waals surface area contributed by atoms with Crippen LogP contribution in [0.3, 0.4) is 0 Å². The standard InChI is InChI=1S/C7H9N.C2H4Br2/c1-6-4-3-5-7(2)8-6;3-1-2-4/h3-5H,1-2H3;1-2H2. The van der Waals surface area contributed by atoms with Crippen LogP contribution in [0.5, 0.6) is 0 Å². The third-order valence-electron chi connectivity index (χ3n) is 1.10. The van der Waals surface area contributed by atoms with E-state index in [4.69, 9.17) is 0 Å². The van der Waals surface area contributed by atoms with Gasteiger partial charge in [0.05, 0.1) is 0 Å². The zero-order valence-corrected chi connectivity index (χ0v) is 10.5. The van der Waals surface area contributed by atoms with Gasteiger partial charge in [0.25, 0.3) is 0 Å². The van der Waals surface area contributed by atoms with Crippen molar-refractivity contribution in [2.75, 3.05) is 10.7 Å². The summed E-state index contributed by atoms with van der Waals surface area (Å²) in [6.07, 6.45) is 0. The molecular formula is C9H13Br2N. The third-order valence-corrected chi connectivity index (χ3v) is 2.96. The van der Waals surface area contributed by atoms with E-state index < -0.39 is 0 Å². The molecule has 0 saturated carbocycles. The van der Waals surface area contributed by atoms with E-state index >= 15 is 0 Å². The second-order valence-corrected chi connectivity index (χ2v) is 3.88. The topological polar surface area (TPSA) is 12.9 Å². The highest BCUT2D eigenvalue weighted by atomic mass is 79.9. The minimum absolute atomic E-state index is 1.05. The third kappa shape index (κ3) is 6.80. The fraction of sp³-hybridized carbons (Fsp3) is 0.444. The van der Waals surface area contributed by atoms with Crippen LogP contribution in [0.4, 0.5) is 0 Å². The van der Waals surface area contributed by atoms with E-state index in [1.165, 1.54) is 0 Å². The Balaban J connectivity index is 0.000000261. The van der Waals surface area contributed by atoms with E-state index in [-0.39, 0.29) is 0 Å². The minimum Gasteiger partial charge on any atom is -0.258 e. The Bertz CT molecular complexity index is 194. The fourth-order valence-electron chi connectivity index (χ4n) is 0.679. The van der Waals surface area contributed by atoms with Crippen molar-refractivity contribution in [1.82, 2.24) is 4.98 Å². The second-order valence-electron chi connectivity index (χ2n) is 2.30. The SMILES string of the molecule is BrCCBr.Cc1cccc(C)n1. The first-order valence-electron chi connectivity index (χ1n) is 3.73. The van der Waals surface area contributed by atoms with Crippen molar-refractivity contribution < 1.29 is 0 Å². The molecule has 1 aromatic rings. The van der Waals surface area contributed by atoms with Gasteiger partial charge in [-0.15, -0.1) is 0 Å². The lowest BCUT2D eigenvalue weighted by Crippen LogP contribution is -1.81. The average molecular weight is 295 g/mol. The van der Waals surface area contributed by atoms with Crippen LogP contribution in [0.25, 0.3) is 0 Å². The monoisotopic (exact) mass is 293 g/mol. The fourth-order valence-corrected chi connectivity index (χ4v) is 0.679. The van der Waals surface area contributed by atoms with Gasteiger partial charge in [0.2, 0.25) is 0 Å². The quantitative estimate of drug-likeness (QED) is 0.723. The van der Waals surface area contributed by atoms with Crippen molar-refractivity contribution in [1.29, 1.82) is 0 Å². The average Bonchev–Trinajstić information content (AvgIpc) is 2.04. The van der Waals surface area contributed by atoms with Crippen LogP contribution < -0.4 is 0 Å². The first-order chi connectivity index (χ1) is 5.70. The number of nitrogens with zero attached hydrogens (tertiary/aromatic N) is 1. The van der Waals surface area contributed by atoms with Gasteiger partial charge >= 0.3 is 0 Å². The summed E-state index contributed by atoms with van der Waals surface area (Å²) in [7, 11) is 0. The maximum absolute atomic E-state index is 4.17. The summed E-state index contributed by atoms with van der Waals surface area (Å²) >= 11 is 6.40. The molecule has 0 unspecified atom stereocenters. The van der Waals surface area contributed by atoms with Crippen LogP contribution in [0.2, 0.25) is 0 Å². The molecule has 68 valence electrons. The van der Waals surface area contributed by atoms with E-state index in [0.29, 0.717) is 0 Å². The molecule has 0 N–H and O–H groups in total. The van der Waals surface area contributed by atoms with Crippen molar-refractivity contribution in [2.45, 2.75) is 13.8 Å². The molecule has 0 radical (unpaired) electrons. The van der Waals surface area contributed by atoms with Gasteiger partial charge in [0.15, 0.2) is 0 Å². The molecule has 0 aliphatic rings. The molecule has 1 heterocycles. The molecule has 0 fully saturated rings. The molecule has 1 aromatic heterocycles. The molecule has 12 heavy (non-hydrogen) atoms. The summed E-state index contributed by atoms with van der Waals surface area (Å²) in [6.45, 7) is 3.99. The number of rotatable bonds is 1. The van der Waals surface area contributed by atoms with Crippen molar-refractivity contribution in [3.8, 4) is 0 Å². The van der Waals surface area contributed by atoms with Gasteiger partial charge < -0.3 is 0 Å². The van der Waals surface area contributed by atoms with Crippen molar-refractivity contribution in [3.05, 3.63) is 29.6 Å². The molecule has 0 aliphatic heterocycles. The Morgan fingerprint density at radius 2 is 1.50 bits per heavy atom. The van der Waals surface area contributed by atoms with E-state index in [1.807, 2.05) is 32.0 Å². The summed E-state index contributed by atoms with van der Waals surface area (Å²) in [4.78, 5) is 4.17. The number of aromatic nitrogens is 1. The lowest BCUT2D eigenvalue weighted by molar-refractivity contribution is 1.12. The van der Waals surface area contributed by atoms with Gasteiger partial charge in [0, 0.05) is 22.0 Å². The number of halogens is 2. The predicted octanol–water partition coefficient (Wildman–Crippen LogP) is 3.47. The molecular weight excluding hydrogens is 282 g/mol. The highest BCUT2D eigenvalue weighted by Crippen LogP contribution is 1.93. The zero-order chi connectivity index (χ0) is 9.40. The van der Waals surface area contributed by atoms with Crippen LogP contribution in [0, 0.1) is 13.8 Å². The molecule has 1 nitrogen and oxygen atoms in total. The summed E-state index contributed by atoms with van der Waals surface area (Å²) in [6, 6.07) is 6.00. The van der Waals surface area contributed by atoms with Crippen LogP contribution in [0.1, 0.15) is 11.4 Å². The van der Waals surface area contributed by atoms with Gasteiger partial charge in [-0.05, 0) is 26.0 Å². The van der Waals surface area contributed by atoms with E-state index in [0.717, 1.165) is 22.0 Å². The van der Waals surface area contributed by atoms with Gasteiger partial charge in [-0.2, -0.15) is 0 Å². The lowest BCUT2D eigenvalue weighted by atomic mass is 10.3. The Morgan fingerprint density at radius 1 is 1.08 bits per heavy atom. The molecule has 1 rings (SSSR count). The summed E-state index contributed by atoms with van der Waals surface area (Å²) < 4.78 is 0. The maximum atomic E-state index is 4.17.